The van der Waals surface area contributed by atoms with E-state index in [-0.39, 0.29) is 17.2 Å². The van der Waals surface area contributed by atoms with Crippen molar-refractivity contribution in [3.63, 3.8) is 0 Å². The number of halogens is 3. The molecule has 0 aromatic heterocycles. The molecule has 136 valence electrons. The predicted molar refractivity (Wildman–Crippen MR) is 88.1 cm³/mol. The molecule has 1 fully saturated rings. The van der Waals surface area contributed by atoms with Crippen LogP contribution in [0.2, 0.25) is 0 Å². The lowest BCUT2D eigenvalue weighted by Crippen LogP contribution is -2.26. The maximum Gasteiger partial charge on any atom is 0.454 e. The second-order valence-electron chi connectivity index (χ2n) is 6.11. The standard InChI is InChI=1S/C18H15F3N2O3/c19-18(20,21)17(24)15(12-4-2-1-3-5-12)11-22-9-8-13-6-7-14(23(25)26)10-16(13)22/h1-5,7,10-11,13H,6,8-9H2/b15-11-. The molecule has 1 aliphatic heterocycles. The maximum absolute atomic E-state index is 13.0. The molecule has 26 heavy (non-hydrogen) atoms. The van der Waals surface area contributed by atoms with Crippen LogP contribution in [-0.4, -0.2) is 28.3 Å². The molecule has 3 rings (SSSR count). The number of alkyl halides is 3. The molecule has 1 aliphatic carbocycles. The minimum Gasteiger partial charge on any atom is -0.350 e. The van der Waals surface area contributed by atoms with E-state index in [1.54, 1.807) is 18.2 Å². The van der Waals surface area contributed by atoms with Gasteiger partial charge >= 0.3 is 6.18 Å². The van der Waals surface area contributed by atoms with Crippen LogP contribution >= 0.6 is 0 Å². The smallest absolute Gasteiger partial charge is 0.350 e. The van der Waals surface area contributed by atoms with Gasteiger partial charge in [0.2, 0.25) is 0 Å². The number of hydrogen-bond acceptors (Lipinski definition) is 4. The first kappa shape index (κ1) is 17.9. The highest BCUT2D eigenvalue weighted by Gasteiger charge is 2.42. The van der Waals surface area contributed by atoms with E-state index in [9.17, 15) is 28.1 Å². The Bertz CT molecular complexity index is 826. The lowest BCUT2D eigenvalue weighted by atomic mass is 9.95. The van der Waals surface area contributed by atoms with Gasteiger partial charge in [0.05, 0.1) is 10.5 Å². The van der Waals surface area contributed by atoms with E-state index in [4.69, 9.17) is 0 Å². The summed E-state index contributed by atoms with van der Waals surface area (Å²) in [5, 5.41) is 11.0. The summed E-state index contributed by atoms with van der Waals surface area (Å²) >= 11 is 0. The quantitative estimate of drug-likeness (QED) is 0.461. The van der Waals surface area contributed by atoms with Gasteiger partial charge in [0.25, 0.3) is 11.5 Å². The van der Waals surface area contributed by atoms with Crippen molar-refractivity contribution in [3.05, 3.63) is 75.8 Å². The van der Waals surface area contributed by atoms with Crippen molar-refractivity contribution in [3.8, 4) is 0 Å². The van der Waals surface area contributed by atoms with Crippen molar-refractivity contribution in [2.75, 3.05) is 6.54 Å². The average Bonchev–Trinajstić information content (AvgIpc) is 3.01. The van der Waals surface area contributed by atoms with Crippen molar-refractivity contribution in [2.24, 2.45) is 5.92 Å². The minimum atomic E-state index is -5.01. The number of allylic oxidation sites excluding steroid dienone is 4. The van der Waals surface area contributed by atoms with Gasteiger partial charge in [-0.3, -0.25) is 14.9 Å². The molecule has 1 unspecified atom stereocenters. The summed E-state index contributed by atoms with van der Waals surface area (Å²) in [7, 11) is 0. The fraction of sp³-hybridized carbons (Fsp3) is 0.278. The number of likely N-dealkylation sites (tertiary alicyclic amines) is 1. The Morgan fingerprint density at radius 2 is 1.96 bits per heavy atom. The van der Waals surface area contributed by atoms with E-state index in [2.05, 4.69) is 0 Å². The van der Waals surface area contributed by atoms with Gasteiger partial charge in [-0.1, -0.05) is 30.3 Å². The highest BCUT2D eigenvalue weighted by molar-refractivity contribution is 6.23. The fourth-order valence-electron chi connectivity index (χ4n) is 3.18. The summed E-state index contributed by atoms with van der Waals surface area (Å²) < 4.78 is 39.1. The maximum atomic E-state index is 13.0. The second kappa shape index (κ2) is 6.78. The molecule has 2 aliphatic rings. The lowest BCUT2D eigenvalue weighted by Gasteiger charge is -2.21. The third-order valence-electron chi connectivity index (χ3n) is 4.46. The van der Waals surface area contributed by atoms with Crippen molar-refractivity contribution in [1.82, 2.24) is 4.90 Å². The van der Waals surface area contributed by atoms with Crippen LogP contribution in [0.1, 0.15) is 18.4 Å². The first-order valence-corrected chi connectivity index (χ1v) is 7.99. The van der Waals surface area contributed by atoms with Crippen LogP contribution in [0.3, 0.4) is 0 Å². The lowest BCUT2D eigenvalue weighted by molar-refractivity contribution is -0.419. The zero-order valence-corrected chi connectivity index (χ0v) is 13.6. The third-order valence-corrected chi connectivity index (χ3v) is 4.46. The van der Waals surface area contributed by atoms with Crippen LogP contribution < -0.4 is 0 Å². The molecule has 5 nitrogen and oxygen atoms in total. The molecule has 0 spiro atoms. The molecule has 1 aromatic carbocycles. The molecule has 1 atom stereocenters. The summed E-state index contributed by atoms with van der Waals surface area (Å²) in [6, 6.07) is 7.60. The first-order chi connectivity index (χ1) is 12.3. The SMILES string of the molecule is O=C(/C(=C\N1CCC2CC=C([N+](=O)[O-])C=C21)c1ccccc1)C(F)(F)F. The van der Waals surface area contributed by atoms with Gasteiger partial charge in [-0.15, -0.1) is 0 Å². The predicted octanol–water partition coefficient (Wildman–Crippen LogP) is 3.93. The molecule has 1 saturated heterocycles. The number of fused-ring (bicyclic) bond motifs is 1. The van der Waals surface area contributed by atoms with E-state index in [1.807, 2.05) is 0 Å². The average molecular weight is 364 g/mol. The summed E-state index contributed by atoms with van der Waals surface area (Å²) in [5.41, 5.74) is 0.166. The van der Waals surface area contributed by atoms with Crippen LogP contribution in [0.5, 0.6) is 0 Å². The molecule has 0 N–H and O–H groups in total. The number of nitrogens with zero attached hydrogens (tertiary/aromatic N) is 2. The Morgan fingerprint density at radius 1 is 1.27 bits per heavy atom. The van der Waals surface area contributed by atoms with Crippen LogP contribution in [-0.2, 0) is 4.79 Å². The molecular formula is C18H15F3N2O3. The molecule has 0 saturated carbocycles. The number of rotatable bonds is 4. The van der Waals surface area contributed by atoms with Crippen molar-refractivity contribution >= 4 is 11.4 Å². The van der Waals surface area contributed by atoms with E-state index >= 15 is 0 Å². The highest BCUT2D eigenvalue weighted by atomic mass is 19.4. The number of benzene rings is 1. The minimum absolute atomic E-state index is 0.00737. The molecule has 1 heterocycles. The van der Waals surface area contributed by atoms with Crippen LogP contribution in [0.15, 0.2) is 60.1 Å². The van der Waals surface area contributed by atoms with Crippen molar-refractivity contribution in [2.45, 2.75) is 19.0 Å². The summed E-state index contributed by atoms with van der Waals surface area (Å²) in [6.07, 6.45) is 0.165. The molecule has 0 radical (unpaired) electrons. The number of carbonyl (C=O) groups excluding carboxylic acids is 1. The van der Waals surface area contributed by atoms with E-state index in [0.717, 1.165) is 0 Å². The molecule has 0 bridgehead atoms. The Labute approximate surface area is 147 Å². The second-order valence-corrected chi connectivity index (χ2v) is 6.11. The summed E-state index contributed by atoms with van der Waals surface area (Å²) in [6.45, 7) is 0.400. The van der Waals surface area contributed by atoms with E-state index in [0.29, 0.717) is 25.1 Å². The van der Waals surface area contributed by atoms with Gasteiger partial charge in [-0.05, 0) is 24.5 Å². The van der Waals surface area contributed by atoms with Crippen LogP contribution in [0.4, 0.5) is 13.2 Å². The molecular weight excluding hydrogens is 349 g/mol. The van der Waals surface area contributed by atoms with Crippen molar-refractivity contribution < 1.29 is 22.9 Å². The number of nitro groups is 1. The molecule has 8 heteroatoms. The number of Topliss-reactive ketones (excluding diaryl/α,β-unsaturated/α-hetero) is 1. The Balaban J connectivity index is 2.02. The van der Waals surface area contributed by atoms with Gasteiger partial charge in [-0.2, -0.15) is 13.2 Å². The monoisotopic (exact) mass is 364 g/mol. The highest BCUT2D eigenvalue weighted by Crippen LogP contribution is 2.37. The van der Waals surface area contributed by atoms with Crippen LogP contribution in [0.25, 0.3) is 5.57 Å². The Kier molecular flexibility index (Phi) is 4.67. The normalized spacial score (nSPS) is 20.3. The molecule has 0 amide bonds. The first-order valence-electron chi connectivity index (χ1n) is 7.99. The number of hydrogen-bond donors (Lipinski definition) is 0. The van der Waals surface area contributed by atoms with Gasteiger partial charge in [0.1, 0.15) is 0 Å². The van der Waals surface area contributed by atoms with Gasteiger partial charge in [0.15, 0.2) is 0 Å². The van der Waals surface area contributed by atoms with E-state index in [1.165, 1.54) is 35.4 Å². The molecule has 1 aromatic rings. The van der Waals surface area contributed by atoms with Crippen molar-refractivity contribution in [1.29, 1.82) is 0 Å². The number of ketones is 1. The Morgan fingerprint density at radius 3 is 2.58 bits per heavy atom. The van der Waals surface area contributed by atoms with Crippen LogP contribution in [0, 0.1) is 16.0 Å². The summed E-state index contributed by atoms with van der Waals surface area (Å²) in [4.78, 5) is 23.9. The Hall–Kier alpha value is -2.90. The third kappa shape index (κ3) is 3.54. The fourth-order valence-corrected chi connectivity index (χ4v) is 3.18. The topological polar surface area (TPSA) is 63.5 Å². The van der Waals surface area contributed by atoms with Gasteiger partial charge < -0.3 is 4.90 Å². The summed E-state index contributed by atoms with van der Waals surface area (Å²) in [5.74, 6) is -1.93. The van der Waals surface area contributed by atoms with Gasteiger partial charge in [0, 0.05) is 30.4 Å². The largest absolute Gasteiger partial charge is 0.454 e. The van der Waals surface area contributed by atoms with E-state index < -0.39 is 22.5 Å². The zero-order valence-electron chi connectivity index (χ0n) is 13.6. The van der Waals surface area contributed by atoms with Gasteiger partial charge in [-0.25, -0.2) is 0 Å². The number of carbonyl (C=O) groups is 1. The zero-order chi connectivity index (χ0) is 18.9.